The third kappa shape index (κ3) is 2.81. The molecular weight excluding hydrogens is 398 g/mol. The zero-order valence-corrected chi connectivity index (χ0v) is 16.6. The molecule has 2 atom stereocenters. The molecule has 1 aliphatic carbocycles. The van der Waals surface area contributed by atoms with Crippen LogP contribution in [0.2, 0.25) is 0 Å². The normalized spacial score (nSPS) is 26.7. The van der Waals surface area contributed by atoms with Gasteiger partial charge >= 0.3 is 0 Å². The van der Waals surface area contributed by atoms with Crippen LogP contribution in [0.15, 0.2) is 45.2 Å². The first-order chi connectivity index (χ1) is 11.9. The van der Waals surface area contributed by atoms with Crippen molar-refractivity contribution >= 4 is 39.1 Å². The van der Waals surface area contributed by atoms with E-state index in [1.807, 2.05) is 12.1 Å². The van der Waals surface area contributed by atoms with Crippen molar-refractivity contribution in [1.29, 1.82) is 0 Å². The highest BCUT2D eigenvalue weighted by atomic mass is 79.9. The van der Waals surface area contributed by atoms with Crippen molar-refractivity contribution in [2.24, 2.45) is 22.6 Å². The second kappa shape index (κ2) is 5.95. The Hall–Kier alpha value is -1.66. The maximum Gasteiger partial charge on any atom is 0.235 e. The molecule has 1 amide bonds. The number of amides is 1. The smallest absolute Gasteiger partial charge is 0.235 e. The van der Waals surface area contributed by atoms with Gasteiger partial charge in [0.05, 0.1) is 5.92 Å². The second-order valence-electron chi connectivity index (χ2n) is 7.04. The summed E-state index contributed by atoms with van der Waals surface area (Å²) in [7, 11) is 1.72. The van der Waals surface area contributed by atoms with E-state index in [1.54, 1.807) is 18.4 Å². The minimum Gasteiger partial charge on any atom is -0.369 e. The first-order valence-corrected chi connectivity index (χ1v) is 10.1. The molecule has 0 bridgehead atoms. The topological polar surface area (TPSA) is 58.7 Å². The number of hydrogen-bond donors (Lipinski definition) is 1. The van der Waals surface area contributed by atoms with E-state index in [4.69, 9.17) is 10.7 Å². The molecule has 4 rings (SSSR count). The third-order valence-corrected chi connectivity index (χ3v) is 6.89. The molecule has 25 heavy (non-hydrogen) atoms. The molecule has 0 unspecified atom stereocenters. The van der Waals surface area contributed by atoms with Crippen molar-refractivity contribution in [2.45, 2.75) is 25.3 Å². The quantitative estimate of drug-likeness (QED) is 0.812. The second-order valence-corrected chi connectivity index (χ2v) is 8.87. The van der Waals surface area contributed by atoms with Gasteiger partial charge in [-0.05, 0) is 60.4 Å². The van der Waals surface area contributed by atoms with Gasteiger partial charge in [0, 0.05) is 16.4 Å². The molecule has 0 radical (unpaired) electrons. The molecule has 2 aromatic rings. The molecule has 1 saturated carbocycles. The Bertz CT molecular complexity index is 873. The molecule has 2 aliphatic rings. The van der Waals surface area contributed by atoms with Gasteiger partial charge in [0.15, 0.2) is 5.96 Å². The van der Waals surface area contributed by atoms with Gasteiger partial charge in [-0.15, -0.1) is 11.3 Å². The first-order valence-electron chi connectivity index (χ1n) is 8.38. The Morgan fingerprint density at radius 3 is 2.76 bits per heavy atom. The minimum absolute atomic E-state index is 0.0925. The van der Waals surface area contributed by atoms with E-state index >= 15 is 0 Å². The summed E-state index contributed by atoms with van der Waals surface area (Å²) in [6.45, 7) is 2.06. The largest absolute Gasteiger partial charge is 0.369 e. The molecule has 1 aromatic heterocycles. The predicted octanol–water partition coefficient (Wildman–Crippen LogP) is 4.21. The molecule has 2 N–H and O–H groups in total. The van der Waals surface area contributed by atoms with Gasteiger partial charge in [-0.25, -0.2) is 4.99 Å². The maximum atomic E-state index is 12.9. The van der Waals surface area contributed by atoms with Crippen LogP contribution in [-0.4, -0.2) is 23.8 Å². The minimum atomic E-state index is -0.580. The number of nitrogens with two attached hydrogens (primary N) is 1. The number of thiophene rings is 1. The number of benzene rings is 1. The lowest BCUT2D eigenvalue weighted by Gasteiger charge is -2.40. The van der Waals surface area contributed by atoms with Crippen molar-refractivity contribution in [3.05, 3.63) is 45.1 Å². The zero-order valence-electron chi connectivity index (χ0n) is 14.2. The summed E-state index contributed by atoms with van der Waals surface area (Å²) in [5, 5.41) is 2.14. The first kappa shape index (κ1) is 16.8. The van der Waals surface area contributed by atoms with Gasteiger partial charge in [-0.2, -0.15) is 0 Å². The summed E-state index contributed by atoms with van der Waals surface area (Å²) in [6, 6.07) is 10.4. The number of rotatable bonds is 3. The van der Waals surface area contributed by atoms with Crippen LogP contribution in [0.25, 0.3) is 11.1 Å². The van der Waals surface area contributed by atoms with Gasteiger partial charge in [0.25, 0.3) is 0 Å². The van der Waals surface area contributed by atoms with Crippen LogP contribution >= 0.6 is 27.3 Å². The third-order valence-electron chi connectivity index (χ3n) is 5.24. The van der Waals surface area contributed by atoms with Crippen molar-refractivity contribution < 1.29 is 4.79 Å². The number of aliphatic imine (C=N–C) groups is 1. The summed E-state index contributed by atoms with van der Waals surface area (Å²) < 4.78 is 1.05. The molecule has 6 heteroatoms. The molecule has 2 heterocycles. The maximum absolute atomic E-state index is 12.9. The van der Waals surface area contributed by atoms with E-state index in [0.29, 0.717) is 11.9 Å². The highest BCUT2D eigenvalue weighted by molar-refractivity contribution is 9.10. The number of carbonyl (C=O) groups is 1. The molecule has 1 aliphatic heterocycles. The Morgan fingerprint density at radius 1 is 1.32 bits per heavy atom. The van der Waals surface area contributed by atoms with Crippen LogP contribution in [0.5, 0.6) is 0 Å². The predicted molar refractivity (Wildman–Crippen MR) is 105 cm³/mol. The lowest BCUT2D eigenvalue weighted by Crippen LogP contribution is -2.54. The number of halogens is 1. The van der Waals surface area contributed by atoms with Crippen molar-refractivity contribution in [1.82, 2.24) is 4.90 Å². The number of hydrogen-bond acceptors (Lipinski definition) is 4. The fraction of sp³-hybridized carbons (Fsp3) is 0.368. The average molecular weight is 418 g/mol. The van der Waals surface area contributed by atoms with Gasteiger partial charge < -0.3 is 5.73 Å². The van der Waals surface area contributed by atoms with E-state index in [2.05, 4.69) is 46.4 Å². The highest BCUT2D eigenvalue weighted by Crippen LogP contribution is 2.51. The number of carbonyl (C=O) groups excluding carboxylic acids is 1. The van der Waals surface area contributed by atoms with Crippen LogP contribution in [0.4, 0.5) is 0 Å². The Balaban J connectivity index is 1.78. The van der Waals surface area contributed by atoms with Gasteiger partial charge in [-0.1, -0.05) is 28.1 Å². The molecule has 0 spiro atoms. The zero-order chi connectivity index (χ0) is 17.8. The highest BCUT2D eigenvalue weighted by Gasteiger charge is 2.53. The lowest BCUT2D eigenvalue weighted by atomic mass is 9.79. The van der Waals surface area contributed by atoms with E-state index in [1.165, 1.54) is 4.90 Å². The van der Waals surface area contributed by atoms with Gasteiger partial charge in [0.1, 0.15) is 5.54 Å². The molecule has 0 saturated heterocycles. The monoisotopic (exact) mass is 417 g/mol. The number of nitrogens with zero attached hydrogens (tertiary/aromatic N) is 2. The van der Waals surface area contributed by atoms with Gasteiger partial charge in [0.2, 0.25) is 5.91 Å². The summed E-state index contributed by atoms with van der Waals surface area (Å²) >= 11 is 5.19. The molecular formula is C19H20BrN3OS. The molecule has 1 aromatic carbocycles. The summed E-state index contributed by atoms with van der Waals surface area (Å²) in [6.07, 6.45) is 2.19. The van der Waals surface area contributed by atoms with Crippen LogP contribution in [0, 0.1) is 11.8 Å². The molecule has 1 fully saturated rings. The van der Waals surface area contributed by atoms with Crippen LogP contribution < -0.4 is 5.73 Å². The van der Waals surface area contributed by atoms with Crippen LogP contribution in [0.3, 0.4) is 0 Å². The average Bonchev–Trinajstić information content (AvgIpc) is 3.26. The van der Waals surface area contributed by atoms with E-state index in [0.717, 1.165) is 33.3 Å². The molecule has 4 nitrogen and oxygen atoms in total. The fourth-order valence-electron chi connectivity index (χ4n) is 3.66. The van der Waals surface area contributed by atoms with E-state index in [9.17, 15) is 4.79 Å². The van der Waals surface area contributed by atoms with Gasteiger partial charge in [-0.3, -0.25) is 9.69 Å². The van der Waals surface area contributed by atoms with Crippen molar-refractivity contribution in [3.8, 4) is 11.1 Å². The SMILES string of the molecule is CN1C(=O)[C@@H](C2CC2)[C@@](C)(c2cc(-c3cccc(Br)c3)cs2)N=C1N. The Morgan fingerprint density at radius 2 is 2.08 bits per heavy atom. The Labute approximate surface area is 159 Å². The summed E-state index contributed by atoms with van der Waals surface area (Å²) in [5.41, 5.74) is 7.78. The van der Waals surface area contributed by atoms with E-state index in [-0.39, 0.29) is 11.8 Å². The summed E-state index contributed by atoms with van der Waals surface area (Å²) in [5.74, 6) is 0.684. The Kier molecular flexibility index (Phi) is 4.00. The van der Waals surface area contributed by atoms with Crippen LogP contribution in [0.1, 0.15) is 24.6 Å². The summed E-state index contributed by atoms with van der Waals surface area (Å²) in [4.78, 5) is 20.3. The van der Waals surface area contributed by atoms with Crippen LogP contribution in [-0.2, 0) is 10.3 Å². The van der Waals surface area contributed by atoms with E-state index < -0.39 is 5.54 Å². The molecule has 130 valence electrons. The van der Waals surface area contributed by atoms with Crippen molar-refractivity contribution in [3.63, 3.8) is 0 Å². The number of guanidine groups is 1. The lowest BCUT2D eigenvalue weighted by molar-refractivity contribution is -0.134. The fourth-order valence-corrected chi connectivity index (χ4v) is 5.13. The standard InChI is InChI=1S/C19H20BrN3OS/c1-19(16(11-6-7-11)17(24)23(2)18(21)22-19)15-9-13(10-25-15)12-4-3-5-14(20)8-12/h3-5,8-11,16H,6-7H2,1-2H3,(H2,21,22)/t16-,19-/m1/s1. The van der Waals surface area contributed by atoms with Crippen molar-refractivity contribution in [2.75, 3.05) is 7.05 Å².